The molecule has 112 valence electrons. The van der Waals surface area contributed by atoms with E-state index < -0.39 is 16.0 Å². The van der Waals surface area contributed by atoms with Gasteiger partial charge in [-0.2, -0.15) is 5.10 Å². The molecule has 0 aliphatic rings. The second kappa shape index (κ2) is 6.46. The maximum Gasteiger partial charge on any atom is 0.325 e. The Morgan fingerprint density at radius 2 is 2.05 bits per heavy atom. The molecule has 2 N–H and O–H groups in total. The third-order valence-corrected chi connectivity index (χ3v) is 4.09. The third-order valence-electron chi connectivity index (χ3n) is 2.67. The van der Waals surface area contributed by atoms with E-state index in [1.54, 1.807) is 24.5 Å². The van der Waals surface area contributed by atoms with Gasteiger partial charge in [-0.3, -0.25) is 14.5 Å². The van der Waals surface area contributed by atoms with Crippen molar-refractivity contribution in [1.29, 1.82) is 0 Å². The summed E-state index contributed by atoms with van der Waals surface area (Å²) in [6.45, 7) is -0.150. The number of nitrogens with one attached hydrogen (secondary N) is 1. The predicted octanol–water partition coefficient (Wildman–Crippen LogP) is -0.116. The van der Waals surface area contributed by atoms with Crippen LogP contribution in [0.4, 0.5) is 0 Å². The quantitative estimate of drug-likeness (QED) is 0.737. The number of carboxylic acid groups (broad SMARTS) is 1. The first-order valence-corrected chi connectivity index (χ1v) is 7.58. The number of aromatic nitrogens is 3. The summed E-state index contributed by atoms with van der Waals surface area (Å²) >= 11 is 0. The Labute approximate surface area is 121 Å². The lowest BCUT2D eigenvalue weighted by Gasteiger charge is -2.04. The van der Waals surface area contributed by atoms with Gasteiger partial charge in [-0.25, -0.2) is 13.1 Å². The summed E-state index contributed by atoms with van der Waals surface area (Å²) in [5, 5.41) is 12.3. The van der Waals surface area contributed by atoms with Crippen LogP contribution in [-0.2, 0) is 27.8 Å². The SMILES string of the molecule is O=C(O)Cn1cc(S(=O)(=O)NCCc2ccncc2)cn1. The van der Waals surface area contributed by atoms with Crippen LogP contribution in [-0.4, -0.2) is 40.8 Å². The van der Waals surface area contributed by atoms with Crippen molar-refractivity contribution in [2.45, 2.75) is 17.9 Å². The summed E-state index contributed by atoms with van der Waals surface area (Å²) in [5.74, 6) is -1.09. The second-order valence-electron chi connectivity index (χ2n) is 4.27. The Bertz CT molecular complexity index is 712. The highest BCUT2D eigenvalue weighted by atomic mass is 32.2. The molecule has 0 fully saturated rings. The van der Waals surface area contributed by atoms with Gasteiger partial charge in [0.1, 0.15) is 11.4 Å². The fourth-order valence-corrected chi connectivity index (χ4v) is 2.65. The van der Waals surface area contributed by atoms with E-state index in [4.69, 9.17) is 5.11 Å². The van der Waals surface area contributed by atoms with Crippen LogP contribution in [0.3, 0.4) is 0 Å². The Balaban J connectivity index is 1.95. The molecule has 2 rings (SSSR count). The molecule has 2 aromatic rings. The van der Waals surface area contributed by atoms with Crippen molar-refractivity contribution in [3.05, 3.63) is 42.5 Å². The second-order valence-corrected chi connectivity index (χ2v) is 6.04. The highest BCUT2D eigenvalue weighted by molar-refractivity contribution is 7.89. The number of carboxylic acids is 1. The van der Waals surface area contributed by atoms with Gasteiger partial charge in [0.15, 0.2) is 0 Å². The van der Waals surface area contributed by atoms with E-state index in [1.807, 2.05) is 0 Å². The highest BCUT2D eigenvalue weighted by Crippen LogP contribution is 2.07. The lowest BCUT2D eigenvalue weighted by molar-refractivity contribution is -0.137. The average Bonchev–Trinajstić information content (AvgIpc) is 2.88. The van der Waals surface area contributed by atoms with E-state index in [2.05, 4.69) is 14.8 Å². The lowest BCUT2D eigenvalue weighted by Crippen LogP contribution is -2.25. The van der Waals surface area contributed by atoms with Crippen LogP contribution >= 0.6 is 0 Å². The Morgan fingerprint density at radius 1 is 1.33 bits per heavy atom. The number of pyridine rings is 1. The van der Waals surface area contributed by atoms with Crippen molar-refractivity contribution in [2.24, 2.45) is 0 Å². The number of sulfonamides is 1. The van der Waals surface area contributed by atoms with Gasteiger partial charge in [0.25, 0.3) is 0 Å². The van der Waals surface area contributed by atoms with Crippen molar-refractivity contribution in [1.82, 2.24) is 19.5 Å². The predicted molar refractivity (Wildman–Crippen MR) is 73.0 cm³/mol. The molecule has 0 aliphatic heterocycles. The van der Waals surface area contributed by atoms with Crippen molar-refractivity contribution in [3.63, 3.8) is 0 Å². The fourth-order valence-electron chi connectivity index (χ4n) is 1.67. The zero-order chi connectivity index (χ0) is 15.3. The normalized spacial score (nSPS) is 11.4. The first-order valence-electron chi connectivity index (χ1n) is 6.10. The average molecular weight is 310 g/mol. The first-order chi connectivity index (χ1) is 9.97. The summed E-state index contributed by atoms with van der Waals surface area (Å²) in [7, 11) is -3.69. The minimum atomic E-state index is -3.69. The molecule has 2 heterocycles. The van der Waals surface area contributed by atoms with Crippen LogP contribution in [0.25, 0.3) is 0 Å². The number of carbonyl (C=O) groups is 1. The van der Waals surface area contributed by atoms with E-state index in [0.29, 0.717) is 6.42 Å². The minimum Gasteiger partial charge on any atom is -0.480 e. The molecule has 0 saturated heterocycles. The summed E-state index contributed by atoms with van der Waals surface area (Å²) in [6, 6.07) is 3.61. The molecular weight excluding hydrogens is 296 g/mol. The van der Waals surface area contributed by atoms with E-state index in [9.17, 15) is 13.2 Å². The zero-order valence-corrected chi connectivity index (χ0v) is 11.8. The molecule has 0 unspecified atom stereocenters. The van der Waals surface area contributed by atoms with Gasteiger partial charge in [-0.05, 0) is 24.1 Å². The molecule has 9 heteroatoms. The molecule has 0 spiro atoms. The van der Waals surface area contributed by atoms with Gasteiger partial charge < -0.3 is 5.11 Å². The lowest BCUT2D eigenvalue weighted by atomic mass is 10.2. The number of aliphatic carboxylic acids is 1. The van der Waals surface area contributed by atoms with Gasteiger partial charge in [-0.15, -0.1) is 0 Å². The van der Waals surface area contributed by atoms with Crippen molar-refractivity contribution >= 4 is 16.0 Å². The third kappa shape index (κ3) is 4.36. The van der Waals surface area contributed by atoms with Gasteiger partial charge in [0.2, 0.25) is 10.0 Å². The molecule has 0 amide bonds. The van der Waals surface area contributed by atoms with Crippen LogP contribution in [0, 0.1) is 0 Å². The van der Waals surface area contributed by atoms with Crippen LogP contribution < -0.4 is 4.72 Å². The summed E-state index contributed by atoms with van der Waals surface area (Å²) in [6.07, 6.45) is 6.12. The van der Waals surface area contributed by atoms with Crippen LogP contribution in [0.15, 0.2) is 41.8 Å². The number of hydrogen-bond donors (Lipinski definition) is 2. The van der Waals surface area contributed by atoms with Gasteiger partial charge in [-0.1, -0.05) is 0 Å². The molecule has 0 saturated carbocycles. The van der Waals surface area contributed by atoms with Gasteiger partial charge in [0.05, 0.1) is 6.20 Å². The number of hydrogen-bond acceptors (Lipinski definition) is 5. The van der Waals surface area contributed by atoms with E-state index in [-0.39, 0.29) is 18.0 Å². The van der Waals surface area contributed by atoms with Crippen LogP contribution in [0.2, 0.25) is 0 Å². The van der Waals surface area contributed by atoms with E-state index in [1.165, 1.54) is 6.20 Å². The van der Waals surface area contributed by atoms with Crippen molar-refractivity contribution in [3.8, 4) is 0 Å². The maximum absolute atomic E-state index is 12.0. The summed E-state index contributed by atoms with van der Waals surface area (Å²) in [5.41, 5.74) is 0.967. The summed E-state index contributed by atoms with van der Waals surface area (Å²) < 4.78 is 27.5. The van der Waals surface area contributed by atoms with Crippen LogP contribution in [0.5, 0.6) is 0 Å². The van der Waals surface area contributed by atoms with E-state index >= 15 is 0 Å². The molecule has 21 heavy (non-hydrogen) atoms. The smallest absolute Gasteiger partial charge is 0.325 e. The molecule has 0 radical (unpaired) electrons. The molecule has 0 atom stereocenters. The topological polar surface area (TPSA) is 114 Å². The Hall–Kier alpha value is -2.26. The molecule has 0 bridgehead atoms. The van der Waals surface area contributed by atoms with Crippen LogP contribution in [0.1, 0.15) is 5.56 Å². The molecule has 0 aromatic carbocycles. The molecule has 8 nitrogen and oxygen atoms in total. The molecular formula is C12H14N4O4S. The minimum absolute atomic E-state index is 0.0570. The summed E-state index contributed by atoms with van der Waals surface area (Å²) in [4.78, 5) is 14.3. The first kappa shape index (κ1) is 15.1. The van der Waals surface area contributed by atoms with Crippen molar-refractivity contribution in [2.75, 3.05) is 6.54 Å². The maximum atomic E-state index is 12.0. The Kier molecular flexibility index (Phi) is 4.66. The molecule has 2 aromatic heterocycles. The largest absolute Gasteiger partial charge is 0.480 e. The standard InChI is InChI=1S/C12H14N4O4S/c17-12(18)9-16-8-11(7-14-16)21(19,20)15-6-3-10-1-4-13-5-2-10/h1-2,4-5,7-8,15H,3,6,9H2,(H,17,18). The highest BCUT2D eigenvalue weighted by Gasteiger charge is 2.16. The monoisotopic (exact) mass is 310 g/mol. The van der Waals surface area contributed by atoms with Gasteiger partial charge >= 0.3 is 5.97 Å². The number of nitrogens with zero attached hydrogens (tertiary/aromatic N) is 3. The van der Waals surface area contributed by atoms with Gasteiger partial charge in [0, 0.05) is 25.1 Å². The number of rotatable bonds is 7. The van der Waals surface area contributed by atoms with Crippen molar-refractivity contribution < 1.29 is 18.3 Å². The Morgan fingerprint density at radius 3 is 2.71 bits per heavy atom. The molecule has 0 aliphatic carbocycles. The fraction of sp³-hybridized carbons (Fsp3) is 0.250. The van der Waals surface area contributed by atoms with E-state index in [0.717, 1.165) is 16.4 Å². The zero-order valence-electron chi connectivity index (χ0n) is 11.0.